The number of anilines is 2. The zero-order valence-corrected chi connectivity index (χ0v) is 16.3. The number of aliphatic carboxylic acids is 1. The SMILES string of the molecule is Cc1ccc(N2CCC(C(=O)NCCC(=O)O)CC2)cc1NC1=NCCCN1. The highest BCUT2D eigenvalue weighted by atomic mass is 16.4. The fourth-order valence-corrected chi connectivity index (χ4v) is 3.52. The van der Waals surface area contributed by atoms with E-state index in [1.165, 1.54) is 0 Å². The van der Waals surface area contributed by atoms with Crippen LogP contribution in [-0.4, -0.2) is 55.7 Å². The van der Waals surface area contributed by atoms with E-state index in [0.29, 0.717) is 0 Å². The maximum absolute atomic E-state index is 12.2. The molecule has 0 unspecified atom stereocenters. The summed E-state index contributed by atoms with van der Waals surface area (Å²) in [5, 5.41) is 18.1. The molecule has 4 N–H and O–H groups in total. The summed E-state index contributed by atoms with van der Waals surface area (Å²) in [6.45, 7) is 5.66. The zero-order chi connectivity index (χ0) is 19.9. The van der Waals surface area contributed by atoms with Gasteiger partial charge < -0.3 is 26.0 Å². The van der Waals surface area contributed by atoms with Crippen LogP contribution in [0.5, 0.6) is 0 Å². The van der Waals surface area contributed by atoms with Gasteiger partial charge in [-0.15, -0.1) is 0 Å². The molecule has 2 aliphatic rings. The van der Waals surface area contributed by atoms with Crippen molar-refractivity contribution in [3.8, 4) is 0 Å². The molecular formula is C20H29N5O3. The first-order chi connectivity index (χ1) is 13.5. The van der Waals surface area contributed by atoms with Crippen LogP contribution in [0, 0.1) is 12.8 Å². The number of hydrogen-bond donors (Lipinski definition) is 4. The molecule has 2 heterocycles. The minimum absolute atomic E-state index is 0.0338. The number of piperidine rings is 1. The van der Waals surface area contributed by atoms with Crippen LogP contribution in [0.3, 0.4) is 0 Å². The summed E-state index contributed by atoms with van der Waals surface area (Å²) in [4.78, 5) is 29.5. The lowest BCUT2D eigenvalue weighted by Crippen LogP contribution is -2.41. The minimum atomic E-state index is -0.895. The smallest absolute Gasteiger partial charge is 0.305 e. The molecule has 1 amide bonds. The molecule has 0 bridgehead atoms. The first-order valence-corrected chi connectivity index (χ1v) is 9.93. The van der Waals surface area contributed by atoms with Gasteiger partial charge in [-0.3, -0.25) is 14.6 Å². The number of hydrogen-bond acceptors (Lipinski definition) is 6. The van der Waals surface area contributed by atoms with Crippen molar-refractivity contribution in [2.45, 2.75) is 32.6 Å². The van der Waals surface area contributed by atoms with Crippen LogP contribution in [0.25, 0.3) is 0 Å². The Labute approximate surface area is 165 Å². The molecule has 8 heteroatoms. The van der Waals surface area contributed by atoms with E-state index in [-0.39, 0.29) is 24.8 Å². The van der Waals surface area contributed by atoms with Crippen LogP contribution < -0.4 is 20.9 Å². The topological polar surface area (TPSA) is 106 Å². The first kappa shape index (κ1) is 20.0. The van der Waals surface area contributed by atoms with E-state index in [1.807, 2.05) is 0 Å². The normalized spacial score (nSPS) is 17.5. The largest absolute Gasteiger partial charge is 0.481 e. The number of carboxylic acids is 1. The van der Waals surface area contributed by atoms with Gasteiger partial charge in [0.2, 0.25) is 5.91 Å². The number of carbonyl (C=O) groups excluding carboxylic acids is 1. The predicted molar refractivity (Wildman–Crippen MR) is 110 cm³/mol. The lowest BCUT2D eigenvalue weighted by atomic mass is 9.95. The molecule has 1 aromatic rings. The third kappa shape index (κ3) is 5.37. The Kier molecular flexibility index (Phi) is 6.73. The van der Waals surface area contributed by atoms with Gasteiger partial charge in [0.1, 0.15) is 0 Å². The average molecular weight is 387 g/mol. The van der Waals surface area contributed by atoms with Crippen molar-refractivity contribution < 1.29 is 14.7 Å². The number of guanidine groups is 1. The Morgan fingerprint density at radius 1 is 1.32 bits per heavy atom. The van der Waals surface area contributed by atoms with Crippen LogP contribution in [0.4, 0.5) is 11.4 Å². The van der Waals surface area contributed by atoms with Crippen molar-refractivity contribution in [1.29, 1.82) is 0 Å². The van der Waals surface area contributed by atoms with E-state index in [1.54, 1.807) is 0 Å². The van der Waals surface area contributed by atoms with Crippen molar-refractivity contribution >= 4 is 29.2 Å². The van der Waals surface area contributed by atoms with Crippen LogP contribution in [0.15, 0.2) is 23.2 Å². The number of carbonyl (C=O) groups is 2. The zero-order valence-electron chi connectivity index (χ0n) is 16.3. The number of carboxylic acid groups (broad SMARTS) is 1. The average Bonchev–Trinajstić information content (AvgIpc) is 2.70. The van der Waals surface area contributed by atoms with Gasteiger partial charge in [-0.2, -0.15) is 0 Å². The monoisotopic (exact) mass is 387 g/mol. The van der Waals surface area contributed by atoms with Crippen molar-refractivity contribution in [2.24, 2.45) is 10.9 Å². The summed E-state index contributed by atoms with van der Waals surface area (Å²) >= 11 is 0. The number of amides is 1. The predicted octanol–water partition coefficient (Wildman–Crippen LogP) is 1.56. The molecule has 2 aliphatic heterocycles. The van der Waals surface area contributed by atoms with E-state index >= 15 is 0 Å². The van der Waals surface area contributed by atoms with E-state index in [4.69, 9.17) is 5.11 Å². The van der Waals surface area contributed by atoms with Crippen LogP contribution >= 0.6 is 0 Å². The van der Waals surface area contributed by atoms with E-state index in [9.17, 15) is 9.59 Å². The minimum Gasteiger partial charge on any atom is -0.481 e. The molecule has 1 fully saturated rings. The Balaban J connectivity index is 1.55. The second-order valence-electron chi connectivity index (χ2n) is 7.33. The molecule has 1 aromatic carbocycles. The Bertz CT molecular complexity index is 741. The second-order valence-corrected chi connectivity index (χ2v) is 7.33. The molecule has 0 aromatic heterocycles. The summed E-state index contributed by atoms with van der Waals surface area (Å²) in [6.07, 6.45) is 2.56. The molecule has 0 spiro atoms. The molecule has 0 atom stereocenters. The van der Waals surface area contributed by atoms with Gasteiger partial charge in [-0.05, 0) is 43.9 Å². The maximum atomic E-state index is 12.2. The Morgan fingerprint density at radius 2 is 2.11 bits per heavy atom. The molecule has 0 saturated carbocycles. The summed E-state index contributed by atoms with van der Waals surface area (Å²) < 4.78 is 0. The van der Waals surface area contributed by atoms with E-state index < -0.39 is 5.97 Å². The molecular weight excluding hydrogens is 358 g/mol. The maximum Gasteiger partial charge on any atom is 0.305 e. The van der Waals surface area contributed by atoms with E-state index in [0.717, 1.165) is 68.3 Å². The molecule has 8 nitrogen and oxygen atoms in total. The number of nitrogens with zero attached hydrogens (tertiary/aromatic N) is 2. The van der Waals surface area contributed by atoms with Crippen molar-refractivity contribution in [3.63, 3.8) is 0 Å². The fourth-order valence-electron chi connectivity index (χ4n) is 3.52. The van der Waals surface area contributed by atoms with Gasteiger partial charge in [-0.1, -0.05) is 6.07 Å². The summed E-state index contributed by atoms with van der Waals surface area (Å²) in [5.41, 5.74) is 3.33. The Morgan fingerprint density at radius 3 is 2.79 bits per heavy atom. The molecule has 152 valence electrons. The second kappa shape index (κ2) is 9.43. The quantitative estimate of drug-likeness (QED) is 0.590. The van der Waals surface area contributed by atoms with Gasteiger partial charge in [0.05, 0.1) is 6.42 Å². The van der Waals surface area contributed by atoms with Crippen LogP contribution in [0.2, 0.25) is 0 Å². The summed E-state index contributed by atoms with van der Waals surface area (Å²) in [5.74, 6) is -0.154. The summed E-state index contributed by atoms with van der Waals surface area (Å²) in [6, 6.07) is 6.36. The number of benzene rings is 1. The van der Waals surface area contributed by atoms with Crippen LogP contribution in [0.1, 0.15) is 31.2 Å². The molecule has 0 aliphatic carbocycles. The van der Waals surface area contributed by atoms with Gasteiger partial charge in [0.25, 0.3) is 0 Å². The number of nitrogens with one attached hydrogen (secondary N) is 3. The third-order valence-corrected chi connectivity index (χ3v) is 5.24. The summed E-state index contributed by atoms with van der Waals surface area (Å²) in [7, 11) is 0. The third-order valence-electron chi connectivity index (χ3n) is 5.24. The standard InChI is InChI=1S/C20H29N5O3/c1-14-3-4-16(13-17(14)24-20-22-8-2-9-23-20)25-11-6-15(7-12-25)19(28)21-10-5-18(26)27/h3-4,13,15H,2,5-12H2,1H3,(H,21,28)(H,26,27)(H2,22,23,24). The van der Waals surface area contributed by atoms with Gasteiger partial charge >= 0.3 is 5.97 Å². The van der Waals surface area contributed by atoms with Crippen molar-refractivity contribution in [1.82, 2.24) is 10.6 Å². The number of rotatable bonds is 6. The molecule has 3 rings (SSSR count). The van der Waals surface area contributed by atoms with Crippen LogP contribution in [-0.2, 0) is 9.59 Å². The van der Waals surface area contributed by atoms with E-state index in [2.05, 4.69) is 51.0 Å². The molecule has 0 radical (unpaired) electrons. The lowest BCUT2D eigenvalue weighted by Gasteiger charge is -2.33. The number of aliphatic imine (C=N–C) groups is 1. The molecule has 28 heavy (non-hydrogen) atoms. The number of aryl methyl sites for hydroxylation is 1. The highest BCUT2D eigenvalue weighted by Gasteiger charge is 2.25. The van der Waals surface area contributed by atoms with Crippen molar-refractivity contribution in [3.05, 3.63) is 23.8 Å². The van der Waals surface area contributed by atoms with Gasteiger partial charge in [0, 0.05) is 50.0 Å². The lowest BCUT2D eigenvalue weighted by molar-refractivity contribution is -0.137. The van der Waals surface area contributed by atoms with Gasteiger partial charge in [0.15, 0.2) is 5.96 Å². The molecule has 1 saturated heterocycles. The van der Waals surface area contributed by atoms with Crippen molar-refractivity contribution in [2.75, 3.05) is 42.9 Å². The fraction of sp³-hybridized carbons (Fsp3) is 0.550. The highest BCUT2D eigenvalue weighted by Crippen LogP contribution is 2.27. The highest BCUT2D eigenvalue weighted by molar-refractivity contribution is 5.95. The van der Waals surface area contributed by atoms with Gasteiger partial charge in [-0.25, -0.2) is 0 Å². The Hall–Kier alpha value is -2.77. The first-order valence-electron chi connectivity index (χ1n) is 9.93.